The highest BCUT2D eigenvalue weighted by molar-refractivity contribution is 7.13. The van der Waals surface area contributed by atoms with Crippen molar-refractivity contribution in [3.05, 3.63) is 11.6 Å². The van der Waals surface area contributed by atoms with Gasteiger partial charge in [0.25, 0.3) is 0 Å². The molecule has 0 unspecified atom stereocenters. The van der Waals surface area contributed by atoms with Crippen LogP contribution in [0.1, 0.15) is 26.7 Å². The maximum atomic E-state index is 11.4. The number of anilines is 1. The van der Waals surface area contributed by atoms with Crippen LogP contribution in [0.4, 0.5) is 5.13 Å². The molecule has 5 nitrogen and oxygen atoms in total. The molecule has 1 amide bonds. The number of hydrogen-bond donors (Lipinski definition) is 1. The SMILES string of the molecule is CC(C)COC(=O)CCC(=O)Nc1nccs1. The Morgan fingerprint density at radius 3 is 2.82 bits per heavy atom. The van der Waals surface area contributed by atoms with Gasteiger partial charge in [0, 0.05) is 18.0 Å². The number of carbonyl (C=O) groups is 2. The molecule has 1 rings (SSSR count). The molecule has 0 atom stereocenters. The first-order chi connectivity index (χ1) is 8.08. The third-order valence-corrected chi connectivity index (χ3v) is 2.50. The van der Waals surface area contributed by atoms with Crippen LogP contribution in [0.15, 0.2) is 11.6 Å². The first-order valence-electron chi connectivity index (χ1n) is 5.43. The molecule has 1 aromatic heterocycles. The van der Waals surface area contributed by atoms with E-state index in [9.17, 15) is 9.59 Å². The second kappa shape index (κ2) is 7.01. The van der Waals surface area contributed by atoms with E-state index in [1.165, 1.54) is 11.3 Å². The second-order valence-electron chi connectivity index (χ2n) is 3.96. The van der Waals surface area contributed by atoms with Crippen molar-refractivity contribution in [2.45, 2.75) is 26.7 Å². The number of rotatable bonds is 6. The molecule has 0 aliphatic heterocycles. The molecule has 0 spiro atoms. The van der Waals surface area contributed by atoms with Crippen molar-refractivity contribution in [2.75, 3.05) is 11.9 Å². The van der Waals surface area contributed by atoms with Crippen LogP contribution >= 0.6 is 11.3 Å². The summed E-state index contributed by atoms with van der Waals surface area (Å²) in [6.45, 7) is 4.32. The molecular weight excluding hydrogens is 240 g/mol. The standard InChI is InChI=1S/C11H16N2O3S/c1-8(2)7-16-10(15)4-3-9(14)13-11-12-5-6-17-11/h5-6,8H,3-4,7H2,1-2H3,(H,12,13,14). The van der Waals surface area contributed by atoms with Gasteiger partial charge in [-0.25, -0.2) is 4.98 Å². The highest BCUT2D eigenvalue weighted by Crippen LogP contribution is 2.10. The molecule has 0 aliphatic rings. The average Bonchev–Trinajstić information content (AvgIpc) is 2.76. The molecule has 1 aromatic rings. The fourth-order valence-electron chi connectivity index (χ4n) is 1.01. The number of thiazole rings is 1. The largest absolute Gasteiger partial charge is 0.465 e. The lowest BCUT2D eigenvalue weighted by molar-refractivity contribution is -0.145. The van der Waals surface area contributed by atoms with E-state index in [4.69, 9.17) is 4.74 Å². The molecule has 0 saturated carbocycles. The Morgan fingerprint density at radius 1 is 1.47 bits per heavy atom. The van der Waals surface area contributed by atoms with Gasteiger partial charge in [-0.3, -0.25) is 9.59 Å². The number of carbonyl (C=O) groups excluding carboxylic acids is 2. The molecule has 0 radical (unpaired) electrons. The zero-order valence-electron chi connectivity index (χ0n) is 9.93. The quantitative estimate of drug-likeness (QED) is 0.791. The van der Waals surface area contributed by atoms with Gasteiger partial charge < -0.3 is 10.1 Å². The van der Waals surface area contributed by atoms with Crippen LogP contribution in [0.5, 0.6) is 0 Å². The highest BCUT2D eigenvalue weighted by Gasteiger charge is 2.09. The minimum absolute atomic E-state index is 0.101. The lowest BCUT2D eigenvalue weighted by Crippen LogP contribution is -2.15. The summed E-state index contributed by atoms with van der Waals surface area (Å²) in [5.41, 5.74) is 0. The summed E-state index contributed by atoms with van der Waals surface area (Å²) in [6, 6.07) is 0. The number of nitrogens with zero attached hydrogens (tertiary/aromatic N) is 1. The maximum absolute atomic E-state index is 11.4. The number of aromatic nitrogens is 1. The fourth-order valence-corrected chi connectivity index (χ4v) is 1.56. The summed E-state index contributed by atoms with van der Waals surface area (Å²) in [5.74, 6) is -0.252. The molecule has 17 heavy (non-hydrogen) atoms. The molecule has 0 aromatic carbocycles. The predicted octanol–water partition coefficient (Wildman–Crippen LogP) is 2.06. The first kappa shape index (κ1) is 13.6. The van der Waals surface area contributed by atoms with Crippen molar-refractivity contribution in [1.82, 2.24) is 4.98 Å². The fraction of sp³-hybridized carbons (Fsp3) is 0.545. The Balaban J connectivity index is 2.17. The van der Waals surface area contributed by atoms with Gasteiger partial charge in [-0.05, 0) is 5.92 Å². The predicted molar refractivity (Wildman–Crippen MR) is 65.8 cm³/mol. The lowest BCUT2D eigenvalue weighted by atomic mass is 10.2. The van der Waals surface area contributed by atoms with Gasteiger partial charge in [0.1, 0.15) is 0 Å². The van der Waals surface area contributed by atoms with E-state index in [0.717, 1.165) is 0 Å². The first-order valence-corrected chi connectivity index (χ1v) is 6.31. The lowest BCUT2D eigenvalue weighted by Gasteiger charge is -2.06. The number of nitrogens with one attached hydrogen (secondary N) is 1. The van der Waals surface area contributed by atoms with Gasteiger partial charge in [-0.15, -0.1) is 11.3 Å². The Morgan fingerprint density at radius 2 is 2.24 bits per heavy atom. The van der Waals surface area contributed by atoms with Crippen molar-refractivity contribution >= 4 is 28.3 Å². The Hall–Kier alpha value is -1.43. The van der Waals surface area contributed by atoms with Crippen LogP contribution in [0.2, 0.25) is 0 Å². The van der Waals surface area contributed by atoms with Gasteiger partial charge in [-0.1, -0.05) is 13.8 Å². The van der Waals surface area contributed by atoms with Crippen molar-refractivity contribution in [3.8, 4) is 0 Å². The average molecular weight is 256 g/mol. The van der Waals surface area contributed by atoms with E-state index in [-0.39, 0.29) is 24.7 Å². The Bertz CT molecular complexity index is 363. The van der Waals surface area contributed by atoms with Crippen molar-refractivity contribution in [3.63, 3.8) is 0 Å². The minimum Gasteiger partial charge on any atom is -0.465 e. The molecule has 6 heteroatoms. The monoisotopic (exact) mass is 256 g/mol. The van der Waals surface area contributed by atoms with Crippen molar-refractivity contribution in [2.24, 2.45) is 5.92 Å². The van der Waals surface area contributed by atoms with E-state index in [2.05, 4.69) is 10.3 Å². The van der Waals surface area contributed by atoms with Crippen molar-refractivity contribution < 1.29 is 14.3 Å². The summed E-state index contributed by atoms with van der Waals surface area (Å²) in [5, 5.41) is 4.92. The Kier molecular flexibility index (Phi) is 5.62. The number of esters is 1. The van der Waals surface area contributed by atoms with Gasteiger partial charge in [0.15, 0.2) is 5.13 Å². The third-order valence-electron chi connectivity index (χ3n) is 1.81. The minimum atomic E-state index is -0.340. The number of ether oxygens (including phenoxy) is 1. The molecule has 0 bridgehead atoms. The van der Waals surface area contributed by atoms with E-state index in [1.54, 1.807) is 11.6 Å². The Labute approximate surface area is 104 Å². The smallest absolute Gasteiger partial charge is 0.306 e. The number of amides is 1. The summed E-state index contributed by atoms with van der Waals surface area (Å²) in [4.78, 5) is 26.6. The van der Waals surface area contributed by atoms with Crippen LogP contribution in [-0.4, -0.2) is 23.5 Å². The van der Waals surface area contributed by atoms with Crippen molar-refractivity contribution in [1.29, 1.82) is 0 Å². The highest BCUT2D eigenvalue weighted by atomic mass is 32.1. The zero-order chi connectivity index (χ0) is 12.7. The van der Waals surface area contributed by atoms with Crippen LogP contribution in [0.25, 0.3) is 0 Å². The van der Waals surface area contributed by atoms with Gasteiger partial charge >= 0.3 is 5.97 Å². The summed E-state index contributed by atoms with van der Waals surface area (Å²) in [7, 11) is 0. The molecule has 94 valence electrons. The van der Waals surface area contributed by atoms with Crippen LogP contribution in [0, 0.1) is 5.92 Å². The summed E-state index contributed by atoms with van der Waals surface area (Å²) >= 11 is 1.34. The second-order valence-corrected chi connectivity index (χ2v) is 4.86. The van der Waals surface area contributed by atoms with Crippen LogP contribution in [-0.2, 0) is 14.3 Å². The molecule has 1 heterocycles. The molecule has 1 N–H and O–H groups in total. The van der Waals surface area contributed by atoms with Gasteiger partial charge in [0.2, 0.25) is 5.91 Å². The molecule has 0 saturated heterocycles. The van der Waals surface area contributed by atoms with E-state index >= 15 is 0 Å². The van der Waals surface area contributed by atoms with E-state index in [0.29, 0.717) is 17.7 Å². The molecular formula is C11H16N2O3S. The van der Waals surface area contributed by atoms with E-state index in [1.807, 2.05) is 13.8 Å². The van der Waals surface area contributed by atoms with Gasteiger partial charge in [-0.2, -0.15) is 0 Å². The summed E-state index contributed by atoms with van der Waals surface area (Å²) in [6.07, 6.45) is 1.83. The maximum Gasteiger partial charge on any atom is 0.306 e. The normalized spacial score (nSPS) is 10.3. The van der Waals surface area contributed by atoms with Crippen LogP contribution < -0.4 is 5.32 Å². The molecule has 0 fully saturated rings. The van der Waals surface area contributed by atoms with E-state index < -0.39 is 0 Å². The number of hydrogen-bond acceptors (Lipinski definition) is 5. The third kappa shape index (κ3) is 6.01. The summed E-state index contributed by atoms with van der Waals surface area (Å²) < 4.78 is 4.96. The topological polar surface area (TPSA) is 68.3 Å². The van der Waals surface area contributed by atoms with Gasteiger partial charge in [0.05, 0.1) is 13.0 Å². The molecule has 0 aliphatic carbocycles. The van der Waals surface area contributed by atoms with Crippen LogP contribution in [0.3, 0.4) is 0 Å². The zero-order valence-corrected chi connectivity index (χ0v) is 10.8.